The smallest absolute Gasteiger partial charge is 0.222 e. The van der Waals surface area contributed by atoms with E-state index in [9.17, 15) is 4.79 Å². The summed E-state index contributed by atoms with van der Waals surface area (Å²) >= 11 is 1.64. The lowest BCUT2D eigenvalue weighted by atomic mass is 10.3. The van der Waals surface area contributed by atoms with Gasteiger partial charge in [-0.1, -0.05) is 6.92 Å². The van der Waals surface area contributed by atoms with Crippen molar-refractivity contribution in [3.63, 3.8) is 0 Å². The van der Waals surface area contributed by atoms with Crippen LogP contribution in [0.4, 0.5) is 0 Å². The summed E-state index contributed by atoms with van der Waals surface area (Å²) < 4.78 is 0. The fourth-order valence-electron chi connectivity index (χ4n) is 2.38. The Morgan fingerprint density at radius 3 is 3.05 bits per heavy atom. The van der Waals surface area contributed by atoms with Crippen molar-refractivity contribution in [2.75, 3.05) is 20.1 Å². The molecule has 2 N–H and O–H groups in total. The molecular weight excluding hydrogens is 286 g/mol. The van der Waals surface area contributed by atoms with Gasteiger partial charge in [0.15, 0.2) is 5.96 Å². The number of likely N-dealkylation sites (tertiary alicyclic amines) is 1. The molecule has 0 saturated carbocycles. The number of nitrogens with zero attached hydrogens (tertiary/aromatic N) is 3. The number of rotatable bonds is 4. The monoisotopic (exact) mass is 309 g/mol. The van der Waals surface area contributed by atoms with Gasteiger partial charge in [0.2, 0.25) is 5.91 Å². The number of nitrogens with one attached hydrogen (secondary N) is 2. The van der Waals surface area contributed by atoms with Crippen molar-refractivity contribution in [2.45, 2.75) is 39.3 Å². The summed E-state index contributed by atoms with van der Waals surface area (Å²) in [7, 11) is 1.76. The van der Waals surface area contributed by atoms with Crippen LogP contribution in [0.15, 0.2) is 10.5 Å². The summed E-state index contributed by atoms with van der Waals surface area (Å²) in [5.74, 6) is 1.00. The Hall–Kier alpha value is -1.63. The van der Waals surface area contributed by atoms with E-state index in [4.69, 9.17) is 0 Å². The third kappa shape index (κ3) is 4.17. The van der Waals surface area contributed by atoms with Crippen LogP contribution < -0.4 is 10.6 Å². The van der Waals surface area contributed by atoms with Crippen molar-refractivity contribution in [1.82, 2.24) is 20.5 Å². The van der Waals surface area contributed by atoms with Gasteiger partial charge >= 0.3 is 0 Å². The van der Waals surface area contributed by atoms with E-state index in [1.807, 2.05) is 24.3 Å². The summed E-state index contributed by atoms with van der Waals surface area (Å²) in [6.45, 7) is 6.22. The van der Waals surface area contributed by atoms with Crippen molar-refractivity contribution in [3.8, 4) is 0 Å². The molecule has 0 aliphatic carbocycles. The number of aryl methyl sites for hydroxylation is 1. The van der Waals surface area contributed by atoms with Crippen molar-refractivity contribution < 1.29 is 4.79 Å². The zero-order valence-corrected chi connectivity index (χ0v) is 13.7. The van der Waals surface area contributed by atoms with Gasteiger partial charge in [-0.25, -0.2) is 4.98 Å². The van der Waals surface area contributed by atoms with Crippen LogP contribution in [-0.2, 0) is 11.3 Å². The molecule has 0 radical (unpaired) electrons. The Balaban J connectivity index is 1.81. The molecule has 116 valence electrons. The molecule has 1 aliphatic heterocycles. The standard InChI is InChI=1S/C14H23N5OS/c1-4-13(20)19-6-5-11(8-19)18-14(15-3)16-7-12-10(2)17-9-21-12/h9,11H,4-8H2,1-3H3,(H2,15,16,18). The quantitative estimate of drug-likeness (QED) is 0.646. The second-order valence-electron chi connectivity index (χ2n) is 5.11. The van der Waals surface area contributed by atoms with Crippen LogP contribution in [0, 0.1) is 6.92 Å². The fourth-order valence-corrected chi connectivity index (χ4v) is 3.09. The first-order chi connectivity index (χ1) is 10.1. The van der Waals surface area contributed by atoms with Crippen LogP contribution >= 0.6 is 11.3 Å². The number of thiazole rings is 1. The second-order valence-corrected chi connectivity index (χ2v) is 6.05. The van der Waals surface area contributed by atoms with Gasteiger partial charge in [-0.2, -0.15) is 0 Å². The molecule has 2 rings (SSSR count). The predicted molar refractivity (Wildman–Crippen MR) is 85.5 cm³/mol. The van der Waals surface area contributed by atoms with E-state index >= 15 is 0 Å². The highest BCUT2D eigenvalue weighted by Crippen LogP contribution is 2.12. The maximum atomic E-state index is 11.7. The van der Waals surface area contributed by atoms with Crippen molar-refractivity contribution in [1.29, 1.82) is 0 Å². The van der Waals surface area contributed by atoms with Gasteiger partial charge in [0.1, 0.15) is 0 Å². The van der Waals surface area contributed by atoms with E-state index in [0.29, 0.717) is 6.42 Å². The maximum absolute atomic E-state index is 11.7. The topological polar surface area (TPSA) is 69.6 Å². The molecule has 7 heteroatoms. The molecule has 1 atom stereocenters. The summed E-state index contributed by atoms with van der Waals surface area (Å²) in [6, 6.07) is 0.272. The third-order valence-corrected chi connectivity index (χ3v) is 4.60. The lowest BCUT2D eigenvalue weighted by Crippen LogP contribution is -2.44. The highest BCUT2D eigenvalue weighted by molar-refractivity contribution is 7.09. The number of hydrogen-bond acceptors (Lipinski definition) is 4. The number of amides is 1. The van der Waals surface area contributed by atoms with Gasteiger partial charge in [0.25, 0.3) is 0 Å². The number of carbonyl (C=O) groups excluding carboxylic acids is 1. The van der Waals surface area contributed by atoms with E-state index in [1.54, 1.807) is 18.4 Å². The molecule has 0 bridgehead atoms. The molecule has 0 spiro atoms. The van der Waals surface area contributed by atoms with Crippen LogP contribution in [0.2, 0.25) is 0 Å². The summed E-state index contributed by atoms with van der Waals surface area (Å²) in [6.07, 6.45) is 1.54. The minimum Gasteiger partial charge on any atom is -0.352 e. The normalized spacial score (nSPS) is 18.9. The molecule has 1 fully saturated rings. The van der Waals surface area contributed by atoms with E-state index in [2.05, 4.69) is 20.6 Å². The summed E-state index contributed by atoms with van der Waals surface area (Å²) in [5.41, 5.74) is 2.91. The lowest BCUT2D eigenvalue weighted by Gasteiger charge is -2.18. The zero-order chi connectivity index (χ0) is 15.2. The highest BCUT2D eigenvalue weighted by atomic mass is 32.1. The third-order valence-electron chi connectivity index (χ3n) is 3.67. The Morgan fingerprint density at radius 1 is 1.62 bits per heavy atom. The average molecular weight is 309 g/mol. The maximum Gasteiger partial charge on any atom is 0.222 e. The minimum absolute atomic E-state index is 0.225. The fraction of sp³-hybridized carbons (Fsp3) is 0.643. The second kappa shape index (κ2) is 7.40. The average Bonchev–Trinajstić information content (AvgIpc) is 3.11. The predicted octanol–water partition coefficient (Wildman–Crippen LogP) is 1.13. The Labute approximate surface area is 129 Å². The molecule has 1 aromatic rings. The summed E-state index contributed by atoms with van der Waals surface area (Å²) in [4.78, 5) is 23.3. The number of carbonyl (C=O) groups is 1. The number of hydrogen-bond donors (Lipinski definition) is 2. The summed E-state index contributed by atoms with van der Waals surface area (Å²) in [5, 5.41) is 6.69. The first-order valence-electron chi connectivity index (χ1n) is 7.28. The zero-order valence-electron chi connectivity index (χ0n) is 12.8. The lowest BCUT2D eigenvalue weighted by molar-refractivity contribution is -0.129. The molecular formula is C14H23N5OS. The molecule has 0 aromatic carbocycles. The van der Waals surface area contributed by atoms with Crippen LogP contribution in [0.3, 0.4) is 0 Å². The van der Waals surface area contributed by atoms with Crippen molar-refractivity contribution in [2.24, 2.45) is 4.99 Å². The van der Waals surface area contributed by atoms with E-state index in [0.717, 1.165) is 37.7 Å². The van der Waals surface area contributed by atoms with Crippen molar-refractivity contribution in [3.05, 3.63) is 16.1 Å². The largest absolute Gasteiger partial charge is 0.352 e. The van der Waals surface area contributed by atoms with Crippen LogP contribution in [-0.4, -0.2) is 47.9 Å². The Kier molecular flexibility index (Phi) is 5.55. The van der Waals surface area contributed by atoms with Gasteiger partial charge in [-0.15, -0.1) is 11.3 Å². The van der Waals surface area contributed by atoms with Gasteiger partial charge in [-0.3, -0.25) is 9.79 Å². The Morgan fingerprint density at radius 2 is 2.43 bits per heavy atom. The van der Waals surface area contributed by atoms with Crippen LogP contribution in [0.1, 0.15) is 30.3 Å². The molecule has 1 amide bonds. The number of guanidine groups is 1. The van der Waals surface area contributed by atoms with Crippen LogP contribution in [0.5, 0.6) is 0 Å². The van der Waals surface area contributed by atoms with E-state index in [-0.39, 0.29) is 11.9 Å². The number of aliphatic imine (C=N–C) groups is 1. The molecule has 1 saturated heterocycles. The molecule has 6 nitrogen and oxygen atoms in total. The molecule has 1 aliphatic rings. The molecule has 1 aromatic heterocycles. The highest BCUT2D eigenvalue weighted by Gasteiger charge is 2.25. The van der Waals surface area contributed by atoms with E-state index in [1.165, 1.54) is 4.88 Å². The van der Waals surface area contributed by atoms with Gasteiger partial charge in [0, 0.05) is 37.5 Å². The first kappa shape index (κ1) is 15.8. The van der Waals surface area contributed by atoms with E-state index < -0.39 is 0 Å². The molecule has 1 unspecified atom stereocenters. The Bertz CT molecular complexity index is 513. The molecule has 2 heterocycles. The minimum atomic E-state index is 0.225. The van der Waals surface area contributed by atoms with Gasteiger partial charge < -0.3 is 15.5 Å². The van der Waals surface area contributed by atoms with Gasteiger partial charge in [-0.05, 0) is 13.3 Å². The molecule has 21 heavy (non-hydrogen) atoms. The number of aromatic nitrogens is 1. The van der Waals surface area contributed by atoms with Crippen molar-refractivity contribution >= 4 is 23.2 Å². The van der Waals surface area contributed by atoms with Gasteiger partial charge in [0.05, 0.1) is 17.7 Å². The first-order valence-corrected chi connectivity index (χ1v) is 8.16. The SMILES string of the molecule is CCC(=O)N1CCC(NC(=NC)NCc2scnc2C)C1. The van der Waals surface area contributed by atoms with Crippen LogP contribution in [0.25, 0.3) is 0 Å².